The molecule has 1 fully saturated rings. The summed E-state index contributed by atoms with van der Waals surface area (Å²) in [5.41, 5.74) is 0.388. The summed E-state index contributed by atoms with van der Waals surface area (Å²) in [4.78, 5) is 17.5. The summed E-state index contributed by atoms with van der Waals surface area (Å²) in [6.07, 6.45) is 3.21. The van der Waals surface area contributed by atoms with E-state index in [2.05, 4.69) is 29.0 Å². The van der Waals surface area contributed by atoms with E-state index in [9.17, 15) is 10.1 Å². The first-order valence-electron chi connectivity index (χ1n) is 7.57. The minimum Gasteiger partial charge on any atom is -0.370 e. The average molecular weight is 292 g/mol. The average Bonchev–Trinajstić information content (AvgIpc) is 2.60. The van der Waals surface area contributed by atoms with Gasteiger partial charge in [-0.15, -0.1) is 0 Å². The van der Waals surface area contributed by atoms with Gasteiger partial charge in [-0.25, -0.2) is 4.98 Å². The third-order valence-electron chi connectivity index (χ3n) is 4.05. The van der Waals surface area contributed by atoms with Crippen LogP contribution in [0.1, 0.15) is 40.0 Å². The van der Waals surface area contributed by atoms with Gasteiger partial charge in [0.1, 0.15) is 5.82 Å². The Morgan fingerprint density at radius 1 is 1.38 bits per heavy atom. The number of nitrogens with zero attached hydrogens (tertiary/aromatic N) is 3. The number of aromatic nitrogens is 1. The number of nitro groups is 1. The van der Waals surface area contributed by atoms with Crippen LogP contribution in [0.5, 0.6) is 0 Å². The van der Waals surface area contributed by atoms with Crippen LogP contribution < -0.4 is 10.2 Å². The van der Waals surface area contributed by atoms with Gasteiger partial charge >= 0.3 is 5.69 Å². The summed E-state index contributed by atoms with van der Waals surface area (Å²) in [7, 11) is 0. The van der Waals surface area contributed by atoms with Gasteiger partial charge in [-0.3, -0.25) is 10.1 Å². The Labute approximate surface area is 125 Å². The topological polar surface area (TPSA) is 71.3 Å². The first-order chi connectivity index (χ1) is 9.93. The van der Waals surface area contributed by atoms with Gasteiger partial charge in [-0.2, -0.15) is 0 Å². The molecule has 116 valence electrons. The minimum atomic E-state index is -0.339. The van der Waals surface area contributed by atoms with Crippen molar-refractivity contribution in [1.82, 2.24) is 4.98 Å². The van der Waals surface area contributed by atoms with Gasteiger partial charge in [-0.1, -0.05) is 13.8 Å². The molecule has 0 aromatic carbocycles. The molecule has 6 nitrogen and oxygen atoms in total. The molecule has 1 saturated heterocycles. The maximum atomic E-state index is 11.3. The molecule has 0 bridgehead atoms. The monoisotopic (exact) mass is 292 g/mol. The van der Waals surface area contributed by atoms with Crippen molar-refractivity contribution < 1.29 is 4.92 Å². The van der Waals surface area contributed by atoms with Crippen molar-refractivity contribution in [2.24, 2.45) is 5.41 Å². The second kappa shape index (κ2) is 6.28. The zero-order chi connectivity index (χ0) is 15.5. The van der Waals surface area contributed by atoms with Crippen molar-refractivity contribution in [1.29, 1.82) is 0 Å². The predicted octanol–water partition coefficient (Wildman–Crippen LogP) is 3.44. The number of hydrogen-bond acceptors (Lipinski definition) is 5. The van der Waals surface area contributed by atoms with Crippen LogP contribution in [-0.2, 0) is 0 Å². The molecule has 0 spiro atoms. The van der Waals surface area contributed by atoms with Crippen molar-refractivity contribution >= 4 is 17.3 Å². The standard InChI is InChI=1S/C15H24N4O2/c1-4-16-13-7-6-12(19(20)21)14(17-13)18-10-5-8-15(2,3)9-11-18/h6-7H,4-5,8-11H2,1-3H3,(H,16,17). The van der Waals surface area contributed by atoms with E-state index in [-0.39, 0.29) is 10.6 Å². The molecule has 0 atom stereocenters. The van der Waals surface area contributed by atoms with E-state index in [0.29, 0.717) is 17.1 Å². The van der Waals surface area contributed by atoms with Crippen LogP contribution in [-0.4, -0.2) is 29.5 Å². The fourth-order valence-corrected chi connectivity index (χ4v) is 2.73. The molecule has 6 heteroatoms. The second-order valence-corrected chi connectivity index (χ2v) is 6.33. The first-order valence-corrected chi connectivity index (χ1v) is 7.57. The fraction of sp³-hybridized carbons (Fsp3) is 0.667. The van der Waals surface area contributed by atoms with Crippen LogP contribution in [0.25, 0.3) is 0 Å². The van der Waals surface area contributed by atoms with E-state index in [0.717, 1.165) is 38.9 Å². The summed E-state index contributed by atoms with van der Waals surface area (Å²) < 4.78 is 0. The highest BCUT2D eigenvalue weighted by Crippen LogP contribution is 2.34. The highest BCUT2D eigenvalue weighted by atomic mass is 16.6. The molecular weight excluding hydrogens is 268 g/mol. The molecule has 0 saturated carbocycles. The molecule has 21 heavy (non-hydrogen) atoms. The van der Waals surface area contributed by atoms with E-state index in [1.165, 1.54) is 0 Å². The number of nitrogens with one attached hydrogen (secondary N) is 1. The Bertz CT molecular complexity index is 516. The number of pyridine rings is 1. The van der Waals surface area contributed by atoms with Gasteiger partial charge < -0.3 is 10.2 Å². The molecule has 0 radical (unpaired) electrons. The van der Waals surface area contributed by atoms with Gasteiger partial charge in [-0.05, 0) is 37.7 Å². The number of rotatable bonds is 4. The third-order valence-corrected chi connectivity index (χ3v) is 4.05. The fourth-order valence-electron chi connectivity index (χ4n) is 2.73. The third kappa shape index (κ3) is 3.83. The van der Waals surface area contributed by atoms with Crippen molar-refractivity contribution in [2.45, 2.75) is 40.0 Å². The molecule has 0 amide bonds. The highest BCUT2D eigenvalue weighted by Gasteiger charge is 2.27. The molecule has 1 N–H and O–H groups in total. The van der Waals surface area contributed by atoms with E-state index >= 15 is 0 Å². The zero-order valence-corrected chi connectivity index (χ0v) is 13.1. The normalized spacial score (nSPS) is 18.1. The quantitative estimate of drug-likeness (QED) is 0.680. The van der Waals surface area contributed by atoms with Crippen molar-refractivity contribution in [2.75, 3.05) is 29.9 Å². The SMILES string of the molecule is CCNc1ccc([N+](=O)[O-])c(N2CCCC(C)(C)CC2)n1. The Hall–Kier alpha value is -1.85. The van der Waals surface area contributed by atoms with Crippen LogP contribution in [0.4, 0.5) is 17.3 Å². The first kappa shape index (κ1) is 15.5. The molecule has 1 aromatic heterocycles. The van der Waals surface area contributed by atoms with E-state index in [1.54, 1.807) is 12.1 Å². The van der Waals surface area contributed by atoms with Crippen molar-refractivity contribution in [3.8, 4) is 0 Å². The summed E-state index contributed by atoms with van der Waals surface area (Å²) in [6, 6.07) is 3.23. The number of anilines is 2. The van der Waals surface area contributed by atoms with Gasteiger partial charge in [0.25, 0.3) is 0 Å². The molecular formula is C15H24N4O2. The molecule has 1 aliphatic rings. The molecule has 2 rings (SSSR count). The van der Waals surface area contributed by atoms with Crippen LogP contribution in [0.15, 0.2) is 12.1 Å². The van der Waals surface area contributed by atoms with Gasteiger partial charge in [0.2, 0.25) is 5.82 Å². The minimum absolute atomic E-state index is 0.0939. The van der Waals surface area contributed by atoms with Crippen molar-refractivity contribution in [3.05, 3.63) is 22.2 Å². The van der Waals surface area contributed by atoms with Gasteiger partial charge in [0.15, 0.2) is 0 Å². The van der Waals surface area contributed by atoms with Gasteiger partial charge in [0, 0.05) is 25.7 Å². The lowest BCUT2D eigenvalue weighted by Crippen LogP contribution is -2.27. The summed E-state index contributed by atoms with van der Waals surface area (Å²) in [5.74, 6) is 1.19. The molecule has 1 aliphatic heterocycles. The van der Waals surface area contributed by atoms with E-state index in [1.807, 2.05) is 6.92 Å². The molecule has 1 aromatic rings. The van der Waals surface area contributed by atoms with Crippen LogP contribution in [0.2, 0.25) is 0 Å². The Morgan fingerprint density at radius 2 is 2.14 bits per heavy atom. The largest absolute Gasteiger partial charge is 0.370 e. The second-order valence-electron chi connectivity index (χ2n) is 6.33. The van der Waals surface area contributed by atoms with E-state index < -0.39 is 0 Å². The van der Waals surface area contributed by atoms with Crippen LogP contribution in [0, 0.1) is 15.5 Å². The predicted molar refractivity (Wildman–Crippen MR) is 84.9 cm³/mol. The van der Waals surface area contributed by atoms with Crippen LogP contribution >= 0.6 is 0 Å². The molecule has 2 heterocycles. The van der Waals surface area contributed by atoms with E-state index in [4.69, 9.17) is 0 Å². The van der Waals surface area contributed by atoms with Gasteiger partial charge in [0.05, 0.1) is 4.92 Å². The lowest BCUT2D eigenvalue weighted by Gasteiger charge is -2.24. The maximum Gasteiger partial charge on any atom is 0.311 e. The highest BCUT2D eigenvalue weighted by molar-refractivity contribution is 5.61. The Morgan fingerprint density at radius 3 is 2.81 bits per heavy atom. The smallest absolute Gasteiger partial charge is 0.311 e. The Balaban J connectivity index is 2.31. The zero-order valence-electron chi connectivity index (χ0n) is 13.1. The van der Waals surface area contributed by atoms with Crippen LogP contribution in [0.3, 0.4) is 0 Å². The summed E-state index contributed by atoms with van der Waals surface area (Å²) >= 11 is 0. The molecule has 0 unspecified atom stereocenters. The molecule has 0 aliphatic carbocycles. The maximum absolute atomic E-state index is 11.3. The summed E-state index contributed by atoms with van der Waals surface area (Å²) in [5, 5.41) is 14.4. The lowest BCUT2D eigenvalue weighted by atomic mass is 9.85. The summed E-state index contributed by atoms with van der Waals surface area (Å²) in [6.45, 7) is 8.89. The van der Waals surface area contributed by atoms with Crippen molar-refractivity contribution in [3.63, 3.8) is 0 Å². The Kier molecular flexibility index (Phi) is 4.65. The lowest BCUT2D eigenvalue weighted by molar-refractivity contribution is -0.384. The number of hydrogen-bond donors (Lipinski definition) is 1.